The van der Waals surface area contributed by atoms with Gasteiger partial charge in [0.25, 0.3) is 0 Å². The van der Waals surface area contributed by atoms with Crippen LogP contribution in [0.2, 0.25) is 0 Å². The SMILES string of the molecule is Cc1cc(C)n(CC(=O)[O-])c(=O)n1. The van der Waals surface area contributed by atoms with Gasteiger partial charge in [0.15, 0.2) is 0 Å². The molecule has 0 aliphatic carbocycles. The predicted octanol–water partition coefficient (Wildman–Crippen LogP) is -1.39. The maximum Gasteiger partial charge on any atom is 0.348 e. The van der Waals surface area contributed by atoms with Gasteiger partial charge in [0.1, 0.15) is 0 Å². The van der Waals surface area contributed by atoms with Crippen LogP contribution >= 0.6 is 0 Å². The first-order valence-corrected chi connectivity index (χ1v) is 3.75. The molecule has 1 aromatic rings. The summed E-state index contributed by atoms with van der Waals surface area (Å²) in [6.07, 6.45) is 0. The Bertz CT molecular complexity index is 395. The Labute approximate surface area is 74.7 Å². The number of hydrogen-bond donors (Lipinski definition) is 0. The zero-order chi connectivity index (χ0) is 10.0. The first-order chi connectivity index (χ1) is 6.00. The Balaban J connectivity index is 3.21. The average Bonchev–Trinajstić information content (AvgIpc) is 1.96. The van der Waals surface area contributed by atoms with Gasteiger partial charge in [-0.2, -0.15) is 4.98 Å². The number of carbonyl (C=O) groups is 1. The highest BCUT2D eigenvalue weighted by Gasteiger charge is 2.01. The van der Waals surface area contributed by atoms with Crippen molar-refractivity contribution in [3.63, 3.8) is 0 Å². The molecule has 0 aliphatic heterocycles. The molecule has 0 spiro atoms. The zero-order valence-corrected chi connectivity index (χ0v) is 7.40. The maximum atomic E-state index is 11.2. The Hall–Kier alpha value is -1.65. The average molecular weight is 181 g/mol. The lowest BCUT2D eigenvalue weighted by Gasteiger charge is -2.09. The Kier molecular flexibility index (Phi) is 2.46. The molecule has 0 saturated heterocycles. The first kappa shape index (κ1) is 9.44. The molecular formula is C8H9N2O3-. The van der Waals surface area contributed by atoms with Crippen molar-refractivity contribution in [2.45, 2.75) is 20.4 Å². The summed E-state index contributed by atoms with van der Waals surface area (Å²) in [6, 6.07) is 1.64. The van der Waals surface area contributed by atoms with Crippen LogP contribution in [0.5, 0.6) is 0 Å². The predicted molar refractivity (Wildman–Crippen MR) is 43.0 cm³/mol. The standard InChI is InChI=1S/C8H10N2O3/c1-5-3-6(2)10(4-7(11)12)8(13)9-5/h3H,4H2,1-2H3,(H,11,12)/p-1. The number of hydrogen-bond acceptors (Lipinski definition) is 4. The van der Waals surface area contributed by atoms with Gasteiger partial charge in [-0.15, -0.1) is 0 Å². The van der Waals surface area contributed by atoms with Crippen LogP contribution in [0, 0.1) is 13.8 Å². The van der Waals surface area contributed by atoms with Crippen molar-refractivity contribution in [2.24, 2.45) is 0 Å². The van der Waals surface area contributed by atoms with E-state index in [-0.39, 0.29) is 0 Å². The Morgan fingerprint density at radius 1 is 1.62 bits per heavy atom. The highest BCUT2D eigenvalue weighted by molar-refractivity contribution is 5.64. The van der Waals surface area contributed by atoms with E-state index in [2.05, 4.69) is 4.98 Å². The van der Waals surface area contributed by atoms with E-state index < -0.39 is 18.2 Å². The van der Waals surface area contributed by atoms with E-state index in [1.165, 1.54) is 0 Å². The van der Waals surface area contributed by atoms with Crippen molar-refractivity contribution >= 4 is 5.97 Å². The van der Waals surface area contributed by atoms with Crippen LogP contribution in [0.1, 0.15) is 11.4 Å². The summed E-state index contributed by atoms with van der Waals surface area (Å²) in [5.41, 5.74) is 0.598. The number of aliphatic carboxylic acids is 1. The van der Waals surface area contributed by atoms with Gasteiger partial charge in [0, 0.05) is 11.4 Å². The largest absolute Gasteiger partial charge is 0.548 e. The minimum Gasteiger partial charge on any atom is -0.548 e. The first-order valence-electron chi connectivity index (χ1n) is 3.75. The van der Waals surface area contributed by atoms with E-state index in [9.17, 15) is 14.7 Å². The molecule has 0 aliphatic rings. The molecule has 1 aromatic heterocycles. The number of carboxylic acid groups (broad SMARTS) is 1. The van der Waals surface area contributed by atoms with Crippen molar-refractivity contribution in [3.05, 3.63) is 27.9 Å². The third-order valence-corrected chi connectivity index (χ3v) is 1.63. The Morgan fingerprint density at radius 2 is 2.23 bits per heavy atom. The van der Waals surface area contributed by atoms with Gasteiger partial charge >= 0.3 is 5.69 Å². The van der Waals surface area contributed by atoms with Gasteiger partial charge in [-0.05, 0) is 19.9 Å². The molecular weight excluding hydrogens is 172 g/mol. The van der Waals surface area contributed by atoms with Crippen LogP contribution in [0.15, 0.2) is 10.9 Å². The smallest absolute Gasteiger partial charge is 0.348 e. The number of carbonyl (C=O) groups excluding carboxylic acids is 1. The molecule has 0 bridgehead atoms. The second-order valence-electron chi connectivity index (χ2n) is 2.78. The zero-order valence-electron chi connectivity index (χ0n) is 7.40. The van der Waals surface area contributed by atoms with Crippen molar-refractivity contribution in [1.29, 1.82) is 0 Å². The monoisotopic (exact) mass is 181 g/mol. The number of aromatic nitrogens is 2. The van der Waals surface area contributed by atoms with Crippen LogP contribution < -0.4 is 10.8 Å². The topological polar surface area (TPSA) is 75.0 Å². The van der Waals surface area contributed by atoms with E-state index in [0.717, 1.165) is 4.57 Å². The molecule has 0 fully saturated rings. The van der Waals surface area contributed by atoms with E-state index in [1.54, 1.807) is 19.9 Å². The van der Waals surface area contributed by atoms with E-state index in [1.807, 2.05) is 0 Å². The molecule has 70 valence electrons. The number of aryl methyl sites for hydroxylation is 2. The molecule has 0 aromatic carbocycles. The quantitative estimate of drug-likeness (QED) is 0.563. The van der Waals surface area contributed by atoms with Crippen LogP contribution in [0.25, 0.3) is 0 Å². The molecule has 0 atom stereocenters. The second kappa shape index (κ2) is 3.38. The fraction of sp³-hybridized carbons (Fsp3) is 0.375. The lowest BCUT2D eigenvalue weighted by Crippen LogP contribution is -2.35. The van der Waals surface area contributed by atoms with Gasteiger partial charge < -0.3 is 9.90 Å². The van der Waals surface area contributed by atoms with Crippen molar-refractivity contribution in [1.82, 2.24) is 9.55 Å². The van der Waals surface area contributed by atoms with Crippen LogP contribution in [-0.2, 0) is 11.3 Å². The lowest BCUT2D eigenvalue weighted by molar-refractivity contribution is -0.306. The van der Waals surface area contributed by atoms with Gasteiger partial charge in [-0.25, -0.2) is 4.79 Å². The van der Waals surface area contributed by atoms with Gasteiger partial charge in [-0.1, -0.05) is 0 Å². The van der Waals surface area contributed by atoms with E-state index >= 15 is 0 Å². The fourth-order valence-corrected chi connectivity index (χ4v) is 1.10. The number of nitrogens with zero attached hydrogens (tertiary/aromatic N) is 2. The lowest BCUT2D eigenvalue weighted by atomic mass is 10.3. The summed E-state index contributed by atoms with van der Waals surface area (Å²) < 4.78 is 1.06. The Morgan fingerprint density at radius 3 is 2.69 bits per heavy atom. The second-order valence-corrected chi connectivity index (χ2v) is 2.78. The van der Waals surface area contributed by atoms with E-state index in [0.29, 0.717) is 11.4 Å². The van der Waals surface area contributed by atoms with Crippen LogP contribution in [0.3, 0.4) is 0 Å². The molecule has 0 unspecified atom stereocenters. The maximum absolute atomic E-state index is 11.2. The third-order valence-electron chi connectivity index (χ3n) is 1.63. The summed E-state index contributed by atoms with van der Waals surface area (Å²) in [4.78, 5) is 25.0. The fourth-order valence-electron chi connectivity index (χ4n) is 1.10. The van der Waals surface area contributed by atoms with Crippen LogP contribution in [0.4, 0.5) is 0 Å². The summed E-state index contributed by atoms with van der Waals surface area (Å²) in [6.45, 7) is 2.88. The molecule has 5 nitrogen and oxygen atoms in total. The van der Waals surface area contributed by atoms with Gasteiger partial charge in [-0.3, -0.25) is 4.57 Å². The van der Waals surface area contributed by atoms with Gasteiger partial charge in [0.2, 0.25) is 0 Å². The van der Waals surface area contributed by atoms with Crippen molar-refractivity contribution < 1.29 is 9.90 Å². The van der Waals surface area contributed by atoms with Crippen LogP contribution in [-0.4, -0.2) is 15.5 Å². The summed E-state index contributed by atoms with van der Waals surface area (Å²) >= 11 is 0. The van der Waals surface area contributed by atoms with E-state index in [4.69, 9.17) is 0 Å². The van der Waals surface area contributed by atoms with Gasteiger partial charge in [0.05, 0.1) is 12.5 Å². The summed E-state index contributed by atoms with van der Waals surface area (Å²) in [5.74, 6) is -1.30. The summed E-state index contributed by atoms with van der Waals surface area (Å²) in [7, 11) is 0. The minimum absolute atomic E-state index is 0.446. The third kappa shape index (κ3) is 2.14. The molecule has 1 heterocycles. The molecule has 0 radical (unpaired) electrons. The number of rotatable bonds is 2. The highest BCUT2D eigenvalue weighted by Crippen LogP contribution is 1.95. The molecule has 0 saturated carbocycles. The molecule has 0 N–H and O–H groups in total. The molecule has 5 heteroatoms. The summed E-state index contributed by atoms with van der Waals surface area (Å²) in [5, 5.41) is 10.3. The minimum atomic E-state index is -1.30. The molecule has 1 rings (SSSR count). The normalized spacial score (nSPS) is 10.0. The highest BCUT2D eigenvalue weighted by atomic mass is 16.4. The van der Waals surface area contributed by atoms with Crippen molar-refractivity contribution in [2.75, 3.05) is 0 Å². The molecule has 13 heavy (non-hydrogen) atoms. The van der Waals surface area contributed by atoms with Crippen molar-refractivity contribution in [3.8, 4) is 0 Å². The number of carboxylic acids is 1. The molecule has 0 amide bonds.